The molecule has 0 fully saturated rings. The van der Waals surface area contributed by atoms with Gasteiger partial charge in [-0.2, -0.15) is 0 Å². The molecule has 0 atom stereocenters. The van der Waals surface area contributed by atoms with Crippen molar-refractivity contribution in [2.24, 2.45) is 0 Å². The molecule has 130 valence electrons. The molecular formula is C19H17ClO4S. The summed E-state index contributed by atoms with van der Waals surface area (Å²) in [6, 6.07) is 14.3. The minimum absolute atomic E-state index is 0.0332. The second-order valence-corrected chi connectivity index (χ2v) is 8.39. The maximum atomic E-state index is 12.7. The van der Waals surface area contributed by atoms with Crippen molar-refractivity contribution < 1.29 is 12.8 Å². The molecule has 25 heavy (non-hydrogen) atoms. The Hall–Kier alpha value is -2.11. The van der Waals surface area contributed by atoms with E-state index in [1.165, 1.54) is 0 Å². The van der Waals surface area contributed by atoms with Gasteiger partial charge in [0.1, 0.15) is 11.3 Å². The van der Waals surface area contributed by atoms with Crippen LogP contribution in [0.1, 0.15) is 11.1 Å². The fourth-order valence-corrected chi connectivity index (χ4v) is 4.56. The number of fused-ring (bicyclic) bond motifs is 1. The summed E-state index contributed by atoms with van der Waals surface area (Å²) in [4.78, 5) is 12.7. The van der Waals surface area contributed by atoms with Crippen molar-refractivity contribution in [2.75, 3.05) is 11.6 Å². The van der Waals surface area contributed by atoms with Crippen molar-refractivity contribution in [1.82, 2.24) is 0 Å². The topological polar surface area (TPSA) is 64.3 Å². The molecule has 0 aliphatic rings. The average molecular weight is 377 g/mol. The number of rotatable bonds is 5. The number of hydrogen-bond donors (Lipinski definition) is 0. The number of sulfone groups is 1. The van der Waals surface area contributed by atoms with Crippen molar-refractivity contribution in [1.29, 1.82) is 0 Å². The van der Waals surface area contributed by atoms with Gasteiger partial charge in [-0.25, -0.2) is 8.42 Å². The lowest BCUT2D eigenvalue weighted by Crippen LogP contribution is -2.12. The van der Waals surface area contributed by atoms with Crippen molar-refractivity contribution in [3.63, 3.8) is 0 Å². The molecule has 0 bridgehead atoms. The third-order valence-corrected chi connectivity index (χ3v) is 6.02. The van der Waals surface area contributed by atoms with E-state index in [-0.39, 0.29) is 22.8 Å². The van der Waals surface area contributed by atoms with Crippen LogP contribution in [-0.4, -0.2) is 20.1 Å². The van der Waals surface area contributed by atoms with Crippen LogP contribution in [0.15, 0.2) is 57.7 Å². The van der Waals surface area contributed by atoms with Crippen LogP contribution in [0, 0.1) is 6.92 Å². The highest BCUT2D eigenvalue weighted by molar-refractivity contribution is 7.90. The second kappa shape index (κ2) is 7.02. The van der Waals surface area contributed by atoms with Crippen LogP contribution < -0.4 is 5.43 Å². The summed E-state index contributed by atoms with van der Waals surface area (Å²) in [5.41, 5.74) is 1.90. The van der Waals surface area contributed by atoms with Crippen molar-refractivity contribution in [3.8, 4) is 11.3 Å². The lowest BCUT2D eigenvalue weighted by Gasteiger charge is -2.10. The zero-order valence-electron chi connectivity index (χ0n) is 13.7. The van der Waals surface area contributed by atoms with Crippen LogP contribution >= 0.6 is 11.6 Å². The highest BCUT2D eigenvalue weighted by atomic mass is 35.5. The van der Waals surface area contributed by atoms with E-state index < -0.39 is 9.84 Å². The van der Waals surface area contributed by atoms with Gasteiger partial charge in [0.05, 0.1) is 16.9 Å². The zero-order valence-corrected chi connectivity index (χ0v) is 15.2. The highest BCUT2D eigenvalue weighted by Gasteiger charge is 2.18. The van der Waals surface area contributed by atoms with Crippen molar-refractivity contribution in [3.05, 3.63) is 69.9 Å². The van der Waals surface area contributed by atoms with Gasteiger partial charge in [0.2, 0.25) is 0 Å². The molecule has 3 rings (SSSR count). The minimum Gasteiger partial charge on any atom is -0.455 e. The van der Waals surface area contributed by atoms with Crippen LogP contribution in [0.2, 0.25) is 0 Å². The quantitative estimate of drug-likeness (QED) is 0.633. The standard InChI is InChI=1S/C19H17ClO4S/c1-13-17(21)16-9-5-8-15(12-25(22,23)11-10-20)19(16)24-18(13)14-6-3-2-4-7-14/h2-9H,10-12H2,1H3. The van der Waals surface area contributed by atoms with Gasteiger partial charge in [-0.3, -0.25) is 4.79 Å². The molecule has 0 aliphatic carbocycles. The molecule has 0 N–H and O–H groups in total. The summed E-state index contributed by atoms with van der Waals surface area (Å²) in [6.07, 6.45) is 0. The van der Waals surface area contributed by atoms with Gasteiger partial charge in [0.15, 0.2) is 15.3 Å². The summed E-state index contributed by atoms with van der Waals surface area (Å²) in [6.45, 7) is 1.71. The van der Waals surface area contributed by atoms with E-state index in [1.54, 1.807) is 25.1 Å². The van der Waals surface area contributed by atoms with E-state index in [2.05, 4.69) is 0 Å². The molecule has 0 aliphatic heterocycles. The van der Waals surface area contributed by atoms with E-state index in [9.17, 15) is 13.2 Å². The second-order valence-electron chi connectivity index (χ2n) is 5.83. The summed E-state index contributed by atoms with van der Waals surface area (Å²) in [5.74, 6) is 0.162. The van der Waals surface area contributed by atoms with Crippen molar-refractivity contribution in [2.45, 2.75) is 12.7 Å². The fraction of sp³-hybridized carbons (Fsp3) is 0.211. The molecule has 2 aromatic carbocycles. The first kappa shape index (κ1) is 17.7. The molecule has 6 heteroatoms. The zero-order chi connectivity index (χ0) is 18.0. The molecule has 4 nitrogen and oxygen atoms in total. The maximum absolute atomic E-state index is 12.7. The Labute approximate surface area is 151 Å². The Bertz CT molecular complexity index is 1070. The smallest absolute Gasteiger partial charge is 0.196 e. The third kappa shape index (κ3) is 3.62. The lowest BCUT2D eigenvalue weighted by molar-refractivity contribution is 0.592. The minimum atomic E-state index is -3.37. The Morgan fingerprint density at radius 1 is 1.04 bits per heavy atom. The maximum Gasteiger partial charge on any atom is 0.196 e. The van der Waals surface area contributed by atoms with Gasteiger partial charge in [-0.1, -0.05) is 42.5 Å². The summed E-state index contributed by atoms with van der Waals surface area (Å²) in [5, 5.41) is 0.385. The van der Waals surface area contributed by atoms with Gasteiger partial charge in [0.25, 0.3) is 0 Å². The summed E-state index contributed by atoms with van der Waals surface area (Å²) in [7, 11) is -3.37. The highest BCUT2D eigenvalue weighted by Crippen LogP contribution is 2.28. The number of halogens is 1. The molecule has 0 radical (unpaired) electrons. The molecule has 0 saturated carbocycles. The van der Waals surface area contributed by atoms with E-state index in [0.717, 1.165) is 5.56 Å². The van der Waals surface area contributed by atoms with E-state index >= 15 is 0 Å². The van der Waals surface area contributed by atoms with Crippen LogP contribution in [0.4, 0.5) is 0 Å². The summed E-state index contributed by atoms with van der Waals surface area (Å²) >= 11 is 5.57. The molecule has 0 amide bonds. The SMILES string of the molecule is Cc1c(-c2ccccc2)oc2c(CS(=O)(=O)CCCl)cccc2c1=O. The first-order valence-electron chi connectivity index (χ1n) is 7.80. The number of hydrogen-bond acceptors (Lipinski definition) is 4. The van der Waals surface area contributed by atoms with Crippen molar-refractivity contribution >= 4 is 32.4 Å². The van der Waals surface area contributed by atoms with Gasteiger partial charge in [-0.05, 0) is 13.0 Å². The predicted octanol–water partition coefficient (Wildman–Crippen LogP) is 3.92. The monoisotopic (exact) mass is 376 g/mol. The van der Waals surface area contributed by atoms with E-state index in [0.29, 0.717) is 27.9 Å². The fourth-order valence-electron chi connectivity index (χ4n) is 2.77. The van der Waals surface area contributed by atoms with E-state index in [1.807, 2.05) is 30.3 Å². The first-order valence-corrected chi connectivity index (χ1v) is 10.2. The van der Waals surface area contributed by atoms with Gasteiger partial charge in [0, 0.05) is 22.6 Å². The van der Waals surface area contributed by atoms with Crippen LogP contribution in [0.5, 0.6) is 0 Å². The molecule has 0 saturated heterocycles. The molecule has 0 spiro atoms. The molecule has 1 aromatic heterocycles. The number of para-hydroxylation sites is 1. The number of benzene rings is 2. The number of alkyl halides is 1. The van der Waals surface area contributed by atoms with Crippen LogP contribution in [0.3, 0.4) is 0 Å². The Balaban J connectivity index is 2.25. The van der Waals surface area contributed by atoms with Gasteiger partial charge in [-0.15, -0.1) is 11.6 Å². The Morgan fingerprint density at radius 3 is 2.44 bits per heavy atom. The average Bonchev–Trinajstić information content (AvgIpc) is 2.59. The molecule has 3 aromatic rings. The van der Waals surface area contributed by atoms with Gasteiger partial charge < -0.3 is 4.42 Å². The molecule has 1 heterocycles. The van der Waals surface area contributed by atoms with Crippen LogP contribution in [0.25, 0.3) is 22.3 Å². The predicted molar refractivity (Wildman–Crippen MR) is 101 cm³/mol. The molecular weight excluding hydrogens is 360 g/mol. The lowest BCUT2D eigenvalue weighted by atomic mass is 10.0. The first-order chi connectivity index (χ1) is 11.9. The largest absolute Gasteiger partial charge is 0.455 e. The van der Waals surface area contributed by atoms with Gasteiger partial charge >= 0.3 is 0 Å². The Morgan fingerprint density at radius 2 is 1.76 bits per heavy atom. The van der Waals surface area contributed by atoms with Crippen LogP contribution in [-0.2, 0) is 15.6 Å². The normalized spacial score (nSPS) is 11.8. The third-order valence-electron chi connectivity index (χ3n) is 4.03. The van der Waals surface area contributed by atoms with E-state index in [4.69, 9.17) is 16.0 Å². The Kier molecular flexibility index (Phi) is 4.97. The summed E-state index contributed by atoms with van der Waals surface area (Å²) < 4.78 is 30.3. The molecule has 0 unspecified atom stereocenters.